The number of ether oxygens (including phenoxy) is 2. The summed E-state index contributed by atoms with van der Waals surface area (Å²) in [5.74, 6) is 0.107. The largest absolute Gasteiger partial charge is 0.484 e. The maximum Gasteiger partial charge on any atom is 0.338 e. The van der Waals surface area contributed by atoms with Crippen LogP contribution in [0.25, 0.3) is 0 Å². The average molecular weight is 346 g/mol. The van der Waals surface area contributed by atoms with Crippen molar-refractivity contribution in [2.45, 2.75) is 44.7 Å². The fourth-order valence-corrected chi connectivity index (χ4v) is 3.17. The summed E-state index contributed by atoms with van der Waals surface area (Å²) in [6, 6.07) is 7.67. The molecule has 0 atom stereocenters. The van der Waals surface area contributed by atoms with Crippen molar-refractivity contribution < 1.29 is 19.1 Å². The van der Waals surface area contributed by atoms with Crippen molar-refractivity contribution >= 4 is 11.9 Å². The highest BCUT2D eigenvalue weighted by Gasteiger charge is 2.32. The summed E-state index contributed by atoms with van der Waals surface area (Å²) >= 11 is 0. The number of benzene rings is 1. The van der Waals surface area contributed by atoms with Gasteiger partial charge in [0.15, 0.2) is 6.61 Å². The van der Waals surface area contributed by atoms with Crippen LogP contribution in [-0.4, -0.2) is 55.2 Å². The standard InChI is InChI=1S/C19H26N2O4/c1-2-24-19(23)14-3-7-17(8-4-14)25-13-18(22)20-15-9-11-21(12-10-15)16-5-6-16/h3-4,7-8,15-16H,2,5-6,9-13H2,1H3,(H,20,22). The first-order valence-electron chi connectivity index (χ1n) is 9.09. The predicted molar refractivity (Wildman–Crippen MR) is 93.7 cm³/mol. The number of hydrogen-bond donors (Lipinski definition) is 1. The Labute approximate surface area is 148 Å². The molecule has 0 spiro atoms. The van der Waals surface area contributed by atoms with Gasteiger partial charge in [0.05, 0.1) is 12.2 Å². The summed E-state index contributed by atoms with van der Waals surface area (Å²) in [5.41, 5.74) is 0.473. The Bertz CT molecular complexity index is 590. The summed E-state index contributed by atoms with van der Waals surface area (Å²) in [6.07, 6.45) is 4.69. The fourth-order valence-electron chi connectivity index (χ4n) is 3.17. The van der Waals surface area contributed by atoms with E-state index in [9.17, 15) is 9.59 Å². The molecule has 25 heavy (non-hydrogen) atoms. The second-order valence-electron chi connectivity index (χ2n) is 6.64. The quantitative estimate of drug-likeness (QED) is 0.765. The SMILES string of the molecule is CCOC(=O)c1ccc(OCC(=O)NC2CCN(C3CC3)CC2)cc1. The van der Waals surface area contributed by atoms with Crippen LogP contribution in [0.4, 0.5) is 0 Å². The van der Waals surface area contributed by atoms with Gasteiger partial charge in [0.1, 0.15) is 5.75 Å². The molecule has 1 aliphatic carbocycles. The predicted octanol–water partition coefficient (Wildman–Crippen LogP) is 1.99. The first kappa shape index (κ1) is 17.7. The number of hydrogen-bond acceptors (Lipinski definition) is 5. The minimum Gasteiger partial charge on any atom is -0.484 e. The highest BCUT2D eigenvalue weighted by Crippen LogP contribution is 2.29. The van der Waals surface area contributed by atoms with Crippen molar-refractivity contribution in [2.24, 2.45) is 0 Å². The van der Waals surface area contributed by atoms with E-state index in [0.717, 1.165) is 32.0 Å². The maximum atomic E-state index is 12.0. The smallest absolute Gasteiger partial charge is 0.338 e. The van der Waals surface area contributed by atoms with Crippen molar-refractivity contribution in [3.63, 3.8) is 0 Å². The number of nitrogens with one attached hydrogen (secondary N) is 1. The molecule has 6 heteroatoms. The zero-order chi connectivity index (χ0) is 17.6. The molecule has 0 radical (unpaired) electrons. The number of carbonyl (C=O) groups is 2. The van der Waals surface area contributed by atoms with Gasteiger partial charge in [-0.15, -0.1) is 0 Å². The molecule has 1 N–H and O–H groups in total. The summed E-state index contributed by atoms with van der Waals surface area (Å²) in [7, 11) is 0. The zero-order valence-electron chi connectivity index (χ0n) is 14.7. The lowest BCUT2D eigenvalue weighted by Gasteiger charge is -2.32. The topological polar surface area (TPSA) is 67.9 Å². The van der Waals surface area contributed by atoms with Crippen molar-refractivity contribution in [3.05, 3.63) is 29.8 Å². The molecule has 0 aromatic heterocycles. The number of likely N-dealkylation sites (tertiary alicyclic amines) is 1. The van der Waals surface area contributed by atoms with E-state index in [2.05, 4.69) is 10.2 Å². The molecule has 1 aliphatic heterocycles. The highest BCUT2D eigenvalue weighted by atomic mass is 16.5. The number of nitrogens with zero attached hydrogens (tertiary/aromatic N) is 1. The molecule has 1 aromatic carbocycles. The number of carbonyl (C=O) groups excluding carboxylic acids is 2. The Morgan fingerprint density at radius 3 is 2.40 bits per heavy atom. The molecule has 1 heterocycles. The van der Waals surface area contributed by atoms with E-state index in [0.29, 0.717) is 17.9 Å². The van der Waals surface area contributed by atoms with E-state index in [-0.39, 0.29) is 24.5 Å². The van der Waals surface area contributed by atoms with Crippen molar-refractivity contribution in [2.75, 3.05) is 26.3 Å². The summed E-state index contributed by atoms with van der Waals surface area (Å²) < 4.78 is 10.4. The third-order valence-electron chi connectivity index (χ3n) is 4.69. The van der Waals surface area contributed by atoms with Crippen LogP contribution in [-0.2, 0) is 9.53 Å². The second kappa shape index (κ2) is 8.34. The molecule has 1 saturated carbocycles. The Morgan fingerprint density at radius 2 is 1.80 bits per heavy atom. The molecule has 0 bridgehead atoms. The van der Waals surface area contributed by atoms with E-state index >= 15 is 0 Å². The van der Waals surface area contributed by atoms with Gasteiger partial charge in [-0.2, -0.15) is 0 Å². The fraction of sp³-hybridized carbons (Fsp3) is 0.579. The van der Waals surface area contributed by atoms with Crippen LogP contribution >= 0.6 is 0 Å². The van der Waals surface area contributed by atoms with Gasteiger partial charge < -0.3 is 19.7 Å². The molecule has 136 valence electrons. The lowest BCUT2D eigenvalue weighted by molar-refractivity contribution is -0.124. The van der Waals surface area contributed by atoms with Gasteiger partial charge >= 0.3 is 5.97 Å². The Morgan fingerprint density at radius 1 is 1.12 bits per heavy atom. The van der Waals surface area contributed by atoms with Crippen LogP contribution in [0.2, 0.25) is 0 Å². The lowest BCUT2D eigenvalue weighted by atomic mass is 10.0. The van der Waals surface area contributed by atoms with Crippen LogP contribution in [0.5, 0.6) is 5.75 Å². The minimum atomic E-state index is -0.357. The maximum absolute atomic E-state index is 12.0. The van der Waals surface area contributed by atoms with Crippen molar-refractivity contribution in [3.8, 4) is 5.75 Å². The molecule has 2 aliphatic rings. The van der Waals surface area contributed by atoms with Crippen LogP contribution < -0.4 is 10.1 Å². The van der Waals surface area contributed by atoms with Gasteiger partial charge in [0.25, 0.3) is 5.91 Å². The van der Waals surface area contributed by atoms with Gasteiger partial charge in [-0.05, 0) is 56.9 Å². The summed E-state index contributed by atoms with van der Waals surface area (Å²) in [5, 5.41) is 3.05. The minimum absolute atomic E-state index is 0.0123. The Balaban J connectivity index is 1.38. The second-order valence-corrected chi connectivity index (χ2v) is 6.64. The van der Waals surface area contributed by atoms with Gasteiger partial charge in [0.2, 0.25) is 0 Å². The van der Waals surface area contributed by atoms with Gasteiger partial charge in [0, 0.05) is 25.2 Å². The van der Waals surface area contributed by atoms with Crippen LogP contribution in [0.1, 0.15) is 43.0 Å². The van der Waals surface area contributed by atoms with Crippen LogP contribution in [0.3, 0.4) is 0 Å². The number of amides is 1. The van der Waals surface area contributed by atoms with Crippen LogP contribution in [0.15, 0.2) is 24.3 Å². The third kappa shape index (κ3) is 5.19. The van der Waals surface area contributed by atoms with Gasteiger partial charge in [-0.25, -0.2) is 4.79 Å². The first-order chi connectivity index (χ1) is 12.2. The molecule has 1 aromatic rings. The Kier molecular flexibility index (Phi) is 5.91. The third-order valence-corrected chi connectivity index (χ3v) is 4.69. The molecule has 1 amide bonds. The highest BCUT2D eigenvalue weighted by molar-refractivity contribution is 5.89. The molecule has 2 fully saturated rings. The van der Waals surface area contributed by atoms with E-state index in [1.165, 1.54) is 12.8 Å². The van der Waals surface area contributed by atoms with Crippen molar-refractivity contribution in [1.82, 2.24) is 10.2 Å². The number of esters is 1. The molecule has 6 nitrogen and oxygen atoms in total. The van der Waals surface area contributed by atoms with E-state index in [4.69, 9.17) is 9.47 Å². The normalized spacial score (nSPS) is 18.6. The number of piperidine rings is 1. The van der Waals surface area contributed by atoms with E-state index < -0.39 is 0 Å². The van der Waals surface area contributed by atoms with E-state index in [1.54, 1.807) is 31.2 Å². The molecule has 0 unspecified atom stereocenters. The van der Waals surface area contributed by atoms with Crippen LogP contribution in [0, 0.1) is 0 Å². The molecule has 1 saturated heterocycles. The molecular weight excluding hydrogens is 320 g/mol. The van der Waals surface area contributed by atoms with Gasteiger partial charge in [-0.1, -0.05) is 0 Å². The lowest BCUT2D eigenvalue weighted by Crippen LogP contribution is -2.46. The van der Waals surface area contributed by atoms with Gasteiger partial charge in [-0.3, -0.25) is 4.79 Å². The van der Waals surface area contributed by atoms with E-state index in [1.807, 2.05) is 0 Å². The Hall–Kier alpha value is -2.08. The monoisotopic (exact) mass is 346 g/mol. The average Bonchev–Trinajstić information content (AvgIpc) is 3.46. The molecule has 3 rings (SSSR count). The summed E-state index contributed by atoms with van der Waals surface area (Å²) in [6.45, 7) is 4.25. The summed E-state index contributed by atoms with van der Waals surface area (Å²) in [4.78, 5) is 26.2. The van der Waals surface area contributed by atoms with Crippen molar-refractivity contribution in [1.29, 1.82) is 0 Å². The molecular formula is C19H26N2O4. The zero-order valence-corrected chi connectivity index (χ0v) is 14.7. The number of rotatable bonds is 7. The first-order valence-corrected chi connectivity index (χ1v) is 9.09.